The second-order valence-electron chi connectivity index (χ2n) is 7.77. The Morgan fingerprint density at radius 3 is 2.56 bits per heavy atom. The molecule has 0 aromatic heterocycles. The molecule has 6 nitrogen and oxygen atoms in total. The van der Waals surface area contributed by atoms with E-state index >= 15 is 0 Å². The molecule has 2 aliphatic heterocycles. The average Bonchev–Trinajstić information content (AvgIpc) is 2.71. The summed E-state index contributed by atoms with van der Waals surface area (Å²) in [4.78, 5) is 9.38. The summed E-state index contributed by atoms with van der Waals surface area (Å²) in [5.74, 6) is 1.39. The number of hydrogen-bond acceptors (Lipinski definition) is 4. The van der Waals surface area contributed by atoms with Gasteiger partial charge < -0.3 is 20.7 Å². The van der Waals surface area contributed by atoms with Crippen LogP contribution in [0.1, 0.15) is 31.7 Å². The van der Waals surface area contributed by atoms with Crippen LogP contribution in [0.4, 0.5) is 5.69 Å². The quantitative estimate of drug-likeness (QED) is 0.435. The fourth-order valence-corrected chi connectivity index (χ4v) is 3.66. The Bertz CT molecular complexity index is 575. The van der Waals surface area contributed by atoms with Crippen LogP contribution in [-0.4, -0.2) is 63.3 Å². The smallest absolute Gasteiger partial charge is 0.188 e. The number of morpholine rings is 1. The second kappa shape index (κ2) is 10.5. The molecule has 2 fully saturated rings. The zero-order valence-electron chi connectivity index (χ0n) is 16.7. The molecule has 0 atom stereocenters. The van der Waals surface area contributed by atoms with Crippen molar-refractivity contribution in [1.82, 2.24) is 10.2 Å². The van der Waals surface area contributed by atoms with Crippen molar-refractivity contribution in [3.63, 3.8) is 0 Å². The summed E-state index contributed by atoms with van der Waals surface area (Å²) in [6.07, 6.45) is 3.65. The molecule has 150 valence electrons. The van der Waals surface area contributed by atoms with Crippen LogP contribution in [0.3, 0.4) is 0 Å². The second-order valence-corrected chi connectivity index (χ2v) is 7.77. The predicted octanol–water partition coefficient (Wildman–Crippen LogP) is 2.05. The lowest BCUT2D eigenvalue weighted by atomic mass is 9.99. The zero-order chi connectivity index (χ0) is 18.9. The fourth-order valence-electron chi connectivity index (χ4n) is 3.66. The summed E-state index contributed by atoms with van der Waals surface area (Å²) < 4.78 is 5.37. The molecule has 1 aromatic carbocycles. The lowest BCUT2D eigenvalue weighted by Crippen LogP contribution is -2.39. The Morgan fingerprint density at radius 1 is 1.15 bits per heavy atom. The van der Waals surface area contributed by atoms with E-state index in [1.54, 1.807) is 0 Å². The topological polar surface area (TPSA) is 66.1 Å². The Balaban J connectivity index is 1.35. The number of nitrogens with one attached hydrogen (secondary N) is 1. The molecule has 1 aromatic rings. The molecular formula is C21H35N5O. The maximum Gasteiger partial charge on any atom is 0.188 e. The van der Waals surface area contributed by atoms with E-state index < -0.39 is 0 Å². The molecule has 0 amide bonds. The van der Waals surface area contributed by atoms with Crippen LogP contribution in [0.5, 0.6) is 0 Å². The largest absolute Gasteiger partial charge is 0.379 e. The number of benzene rings is 1. The van der Waals surface area contributed by atoms with Crippen molar-refractivity contribution in [2.24, 2.45) is 16.6 Å². The van der Waals surface area contributed by atoms with Gasteiger partial charge in [-0.3, -0.25) is 4.90 Å². The van der Waals surface area contributed by atoms with Crippen LogP contribution in [0.15, 0.2) is 29.3 Å². The molecule has 0 saturated carbocycles. The molecule has 0 spiro atoms. The summed E-state index contributed by atoms with van der Waals surface area (Å²) in [7, 11) is 0. The van der Waals surface area contributed by atoms with Crippen LogP contribution in [-0.2, 0) is 11.3 Å². The summed E-state index contributed by atoms with van der Waals surface area (Å²) in [6, 6.07) is 8.77. The summed E-state index contributed by atoms with van der Waals surface area (Å²) >= 11 is 0. The van der Waals surface area contributed by atoms with Gasteiger partial charge in [-0.05, 0) is 49.4 Å². The Hall–Kier alpha value is -1.79. The number of nitrogens with zero attached hydrogens (tertiary/aromatic N) is 3. The third-order valence-corrected chi connectivity index (χ3v) is 5.58. The predicted molar refractivity (Wildman–Crippen MR) is 112 cm³/mol. The molecule has 0 aliphatic carbocycles. The van der Waals surface area contributed by atoms with Gasteiger partial charge in [-0.15, -0.1) is 0 Å². The van der Waals surface area contributed by atoms with Crippen molar-refractivity contribution in [2.75, 3.05) is 57.4 Å². The highest BCUT2D eigenvalue weighted by Gasteiger charge is 2.15. The number of aliphatic imine (C=N–C) groups is 1. The minimum atomic E-state index is 0.533. The van der Waals surface area contributed by atoms with Crippen molar-refractivity contribution in [2.45, 2.75) is 32.7 Å². The van der Waals surface area contributed by atoms with Gasteiger partial charge in [0.1, 0.15) is 0 Å². The minimum Gasteiger partial charge on any atom is -0.379 e. The van der Waals surface area contributed by atoms with Gasteiger partial charge in [0.15, 0.2) is 5.96 Å². The number of guanidine groups is 1. The van der Waals surface area contributed by atoms with Crippen LogP contribution < -0.4 is 16.0 Å². The SMILES string of the molecule is CC1CCN(c2ccc(CN=C(N)NCCCN3CCOCC3)cc2)CC1. The van der Waals surface area contributed by atoms with Crippen LogP contribution >= 0.6 is 0 Å². The maximum atomic E-state index is 6.00. The molecule has 0 bridgehead atoms. The summed E-state index contributed by atoms with van der Waals surface area (Å²) in [5.41, 5.74) is 8.52. The highest BCUT2D eigenvalue weighted by atomic mass is 16.5. The van der Waals surface area contributed by atoms with Crippen molar-refractivity contribution in [3.8, 4) is 0 Å². The molecule has 0 radical (unpaired) electrons. The fraction of sp³-hybridized carbons (Fsp3) is 0.667. The molecule has 2 saturated heterocycles. The van der Waals surface area contributed by atoms with Gasteiger partial charge in [0.2, 0.25) is 0 Å². The van der Waals surface area contributed by atoms with Crippen LogP contribution in [0, 0.1) is 5.92 Å². The normalized spacial score (nSPS) is 20.0. The van der Waals surface area contributed by atoms with Gasteiger partial charge in [0.25, 0.3) is 0 Å². The van der Waals surface area contributed by atoms with E-state index in [4.69, 9.17) is 10.5 Å². The first-order chi connectivity index (χ1) is 13.2. The van der Waals surface area contributed by atoms with E-state index in [2.05, 4.69) is 51.3 Å². The van der Waals surface area contributed by atoms with Crippen LogP contribution in [0.2, 0.25) is 0 Å². The molecule has 2 heterocycles. The Kier molecular flexibility index (Phi) is 7.78. The average molecular weight is 374 g/mol. The van der Waals surface area contributed by atoms with Crippen molar-refractivity contribution >= 4 is 11.6 Å². The van der Waals surface area contributed by atoms with Gasteiger partial charge in [-0.2, -0.15) is 0 Å². The molecular weight excluding hydrogens is 338 g/mol. The molecule has 6 heteroatoms. The van der Waals surface area contributed by atoms with E-state index in [9.17, 15) is 0 Å². The summed E-state index contributed by atoms with van der Waals surface area (Å²) in [5, 5.41) is 3.22. The van der Waals surface area contributed by atoms with Gasteiger partial charge in [-0.1, -0.05) is 19.1 Å². The van der Waals surface area contributed by atoms with Crippen molar-refractivity contribution in [1.29, 1.82) is 0 Å². The van der Waals surface area contributed by atoms with Gasteiger partial charge in [-0.25, -0.2) is 4.99 Å². The molecule has 27 heavy (non-hydrogen) atoms. The Labute approximate surface area is 163 Å². The molecule has 3 N–H and O–H groups in total. The van der Waals surface area contributed by atoms with Gasteiger partial charge >= 0.3 is 0 Å². The number of hydrogen-bond donors (Lipinski definition) is 2. The number of ether oxygens (including phenoxy) is 1. The molecule has 2 aliphatic rings. The highest BCUT2D eigenvalue weighted by molar-refractivity contribution is 5.77. The highest BCUT2D eigenvalue weighted by Crippen LogP contribution is 2.23. The molecule has 0 unspecified atom stereocenters. The lowest BCUT2D eigenvalue weighted by molar-refractivity contribution is 0.0376. The number of rotatable bonds is 7. The number of piperidine rings is 1. The first-order valence-electron chi connectivity index (χ1n) is 10.4. The van der Waals surface area contributed by atoms with Crippen molar-refractivity contribution < 1.29 is 4.74 Å². The van der Waals surface area contributed by atoms with Gasteiger partial charge in [0, 0.05) is 38.4 Å². The molecule has 3 rings (SSSR count). The van der Waals surface area contributed by atoms with Crippen molar-refractivity contribution in [3.05, 3.63) is 29.8 Å². The van der Waals surface area contributed by atoms with E-state index in [1.165, 1.54) is 37.2 Å². The Morgan fingerprint density at radius 2 is 1.85 bits per heavy atom. The van der Waals surface area contributed by atoms with E-state index in [-0.39, 0.29) is 0 Å². The standard InChI is InChI=1S/C21H35N5O/c1-18-7-11-26(12-8-18)20-5-3-19(4-6-20)17-24-21(22)23-9-2-10-25-13-15-27-16-14-25/h3-6,18H,2,7-17H2,1H3,(H3,22,23,24). The zero-order valence-corrected chi connectivity index (χ0v) is 16.7. The van der Waals surface area contributed by atoms with E-state index in [0.29, 0.717) is 12.5 Å². The minimum absolute atomic E-state index is 0.533. The summed E-state index contributed by atoms with van der Waals surface area (Å²) in [6.45, 7) is 11.0. The van der Waals surface area contributed by atoms with Gasteiger partial charge in [0.05, 0.1) is 19.8 Å². The van der Waals surface area contributed by atoms with E-state index in [1.807, 2.05) is 0 Å². The first kappa shape index (κ1) is 20.0. The first-order valence-corrected chi connectivity index (χ1v) is 10.4. The van der Waals surface area contributed by atoms with Crippen LogP contribution in [0.25, 0.3) is 0 Å². The third kappa shape index (κ3) is 6.70. The van der Waals surface area contributed by atoms with E-state index in [0.717, 1.165) is 51.7 Å². The lowest BCUT2D eigenvalue weighted by Gasteiger charge is -2.32. The maximum absolute atomic E-state index is 6.00. The number of nitrogens with two attached hydrogens (primary N) is 1. The number of anilines is 1. The monoisotopic (exact) mass is 373 g/mol. The third-order valence-electron chi connectivity index (χ3n) is 5.58.